The summed E-state index contributed by atoms with van der Waals surface area (Å²) in [5.41, 5.74) is 3.51. The second kappa shape index (κ2) is 8.26. The van der Waals surface area contributed by atoms with E-state index in [2.05, 4.69) is 25.3 Å². The van der Waals surface area contributed by atoms with Crippen molar-refractivity contribution in [2.75, 3.05) is 31.1 Å². The molecule has 0 radical (unpaired) electrons. The summed E-state index contributed by atoms with van der Waals surface area (Å²) in [5.74, 6) is 1.54. The molecule has 9 heteroatoms. The quantitative estimate of drug-likeness (QED) is 0.496. The van der Waals surface area contributed by atoms with E-state index < -0.39 is 0 Å². The maximum Gasteiger partial charge on any atom is 0.254 e. The van der Waals surface area contributed by atoms with E-state index in [-0.39, 0.29) is 5.91 Å². The Hall–Kier alpha value is -4.01. The van der Waals surface area contributed by atoms with Crippen LogP contribution >= 0.6 is 0 Å². The number of piperazine rings is 1. The van der Waals surface area contributed by atoms with Crippen LogP contribution in [0.25, 0.3) is 11.5 Å². The van der Waals surface area contributed by atoms with Gasteiger partial charge in [-0.25, -0.2) is 9.36 Å². The van der Waals surface area contributed by atoms with E-state index in [4.69, 9.17) is 0 Å². The van der Waals surface area contributed by atoms with Crippen LogP contribution in [0.5, 0.6) is 0 Å². The molecule has 0 N–H and O–H groups in total. The van der Waals surface area contributed by atoms with Crippen LogP contribution in [0, 0.1) is 13.8 Å². The van der Waals surface area contributed by atoms with Crippen molar-refractivity contribution in [3.05, 3.63) is 77.9 Å². The van der Waals surface area contributed by atoms with Gasteiger partial charge < -0.3 is 9.80 Å². The van der Waals surface area contributed by atoms with Gasteiger partial charge in [0.2, 0.25) is 0 Å². The monoisotopic (exact) mass is 428 g/mol. The summed E-state index contributed by atoms with van der Waals surface area (Å²) in [6.07, 6.45) is 3.59. The van der Waals surface area contributed by atoms with Crippen LogP contribution in [-0.2, 0) is 0 Å². The average molecular weight is 429 g/mol. The molecule has 1 amide bonds. The summed E-state index contributed by atoms with van der Waals surface area (Å²) in [4.78, 5) is 17.1. The van der Waals surface area contributed by atoms with Crippen molar-refractivity contribution in [3.63, 3.8) is 0 Å². The second-order valence-electron chi connectivity index (χ2n) is 7.87. The molecule has 0 saturated carbocycles. The van der Waals surface area contributed by atoms with Gasteiger partial charge in [-0.2, -0.15) is 10.2 Å². The molecule has 0 unspecified atom stereocenters. The summed E-state index contributed by atoms with van der Waals surface area (Å²) in [5, 5.41) is 17.4. The van der Waals surface area contributed by atoms with Gasteiger partial charge in [-0.3, -0.25) is 4.79 Å². The smallest absolute Gasteiger partial charge is 0.254 e. The van der Waals surface area contributed by atoms with E-state index in [1.54, 1.807) is 15.6 Å². The SMILES string of the molecule is Cc1cc(C)n(-c2ccc(N3CCN(C(=O)c4cccc(-n5cccn5)c4)CC3)nn2)n1. The number of carbonyl (C=O) groups excluding carboxylic acids is 1. The van der Waals surface area contributed by atoms with Crippen molar-refractivity contribution < 1.29 is 4.79 Å². The molecule has 3 aromatic heterocycles. The van der Waals surface area contributed by atoms with Gasteiger partial charge in [0.1, 0.15) is 0 Å². The minimum Gasteiger partial charge on any atom is -0.352 e. The van der Waals surface area contributed by atoms with Crippen molar-refractivity contribution in [1.29, 1.82) is 0 Å². The second-order valence-corrected chi connectivity index (χ2v) is 7.87. The first-order chi connectivity index (χ1) is 15.6. The Balaban J connectivity index is 1.24. The van der Waals surface area contributed by atoms with Crippen LogP contribution in [0.4, 0.5) is 5.82 Å². The van der Waals surface area contributed by atoms with Crippen LogP contribution in [0.15, 0.2) is 60.9 Å². The molecular formula is C23H24N8O. The minimum absolute atomic E-state index is 0.0321. The number of aromatic nitrogens is 6. The van der Waals surface area contributed by atoms with Gasteiger partial charge in [0, 0.05) is 49.8 Å². The van der Waals surface area contributed by atoms with Crippen LogP contribution in [0.1, 0.15) is 21.7 Å². The van der Waals surface area contributed by atoms with Crippen LogP contribution in [0.3, 0.4) is 0 Å². The fourth-order valence-electron chi connectivity index (χ4n) is 3.98. The lowest BCUT2D eigenvalue weighted by atomic mass is 10.1. The lowest BCUT2D eigenvalue weighted by Crippen LogP contribution is -2.49. The zero-order chi connectivity index (χ0) is 22.1. The predicted octanol–water partition coefficient (Wildman–Crippen LogP) is 2.43. The number of anilines is 1. The van der Waals surface area contributed by atoms with Crippen molar-refractivity contribution >= 4 is 11.7 Å². The highest BCUT2D eigenvalue weighted by atomic mass is 16.2. The summed E-state index contributed by atoms with van der Waals surface area (Å²) >= 11 is 0. The molecule has 5 rings (SSSR count). The van der Waals surface area contributed by atoms with Crippen molar-refractivity contribution in [2.24, 2.45) is 0 Å². The Morgan fingerprint density at radius 1 is 0.906 bits per heavy atom. The number of hydrogen-bond acceptors (Lipinski definition) is 6. The molecule has 4 heterocycles. The fourth-order valence-corrected chi connectivity index (χ4v) is 3.98. The Bertz CT molecular complexity index is 1220. The molecule has 0 aliphatic carbocycles. The number of rotatable bonds is 4. The van der Waals surface area contributed by atoms with E-state index in [0.29, 0.717) is 37.6 Å². The Kier molecular flexibility index (Phi) is 5.14. The molecule has 1 aliphatic rings. The van der Waals surface area contributed by atoms with Gasteiger partial charge in [-0.05, 0) is 56.3 Å². The zero-order valence-electron chi connectivity index (χ0n) is 18.1. The molecule has 162 valence electrons. The first-order valence-corrected chi connectivity index (χ1v) is 10.6. The first-order valence-electron chi connectivity index (χ1n) is 10.6. The number of carbonyl (C=O) groups is 1. The number of amides is 1. The minimum atomic E-state index is 0.0321. The maximum absolute atomic E-state index is 13.0. The van der Waals surface area contributed by atoms with Gasteiger partial charge in [0.15, 0.2) is 11.6 Å². The summed E-state index contributed by atoms with van der Waals surface area (Å²) in [6, 6.07) is 15.3. The van der Waals surface area contributed by atoms with Crippen molar-refractivity contribution in [2.45, 2.75) is 13.8 Å². The van der Waals surface area contributed by atoms with E-state index in [1.807, 2.05) is 73.5 Å². The number of aryl methyl sites for hydroxylation is 2. The molecule has 1 aromatic carbocycles. The molecular weight excluding hydrogens is 404 g/mol. The topological polar surface area (TPSA) is 85.0 Å². The lowest BCUT2D eigenvalue weighted by Gasteiger charge is -2.35. The van der Waals surface area contributed by atoms with Crippen LogP contribution in [-0.4, -0.2) is 66.7 Å². The van der Waals surface area contributed by atoms with E-state index >= 15 is 0 Å². The van der Waals surface area contributed by atoms with Gasteiger partial charge in [-0.1, -0.05) is 6.07 Å². The predicted molar refractivity (Wildman–Crippen MR) is 120 cm³/mol. The third-order valence-corrected chi connectivity index (χ3v) is 5.62. The highest BCUT2D eigenvalue weighted by Crippen LogP contribution is 2.18. The van der Waals surface area contributed by atoms with Gasteiger partial charge in [0.25, 0.3) is 5.91 Å². The summed E-state index contributed by atoms with van der Waals surface area (Å²) in [6.45, 7) is 6.63. The van der Waals surface area contributed by atoms with Gasteiger partial charge in [-0.15, -0.1) is 10.2 Å². The molecule has 32 heavy (non-hydrogen) atoms. The largest absolute Gasteiger partial charge is 0.352 e. The molecule has 0 bridgehead atoms. The molecule has 1 fully saturated rings. The van der Waals surface area contributed by atoms with Crippen LogP contribution < -0.4 is 4.90 Å². The highest BCUT2D eigenvalue weighted by Gasteiger charge is 2.23. The van der Waals surface area contributed by atoms with Crippen molar-refractivity contribution in [1.82, 2.24) is 34.7 Å². The van der Waals surface area contributed by atoms with Gasteiger partial charge >= 0.3 is 0 Å². The molecule has 1 saturated heterocycles. The molecule has 1 aliphatic heterocycles. The molecule has 4 aromatic rings. The fraction of sp³-hybridized carbons (Fsp3) is 0.261. The molecule has 9 nitrogen and oxygen atoms in total. The Morgan fingerprint density at radius 3 is 2.34 bits per heavy atom. The van der Waals surface area contributed by atoms with E-state index in [0.717, 1.165) is 22.9 Å². The van der Waals surface area contributed by atoms with E-state index in [9.17, 15) is 4.79 Å². The first kappa shape index (κ1) is 19.9. The van der Waals surface area contributed by atoms with E-state index in [1.165, 1.54) is 0 Å². The number of hydrogen-bond donors (Lipinski definition) is 0. The molecule has 0 atom stereocenters. The van der Waals surface area contributed by atoms with Gasteiger partial charge in [0.05, 0.1) is 11.4 Å². The van der Waals surface area contributed by atoms with Crippen molar-refractivity contribution in [3.8, 4) is 11.5 Å². The Labute approximate surface area is 185 Å². The molecule has 0 spiro atoms. The summed E-state index contributed by atoms with van der Waals surface area (Å²) < 4.78 is 3.54. The lowest BCUT2D eigenvalue weighted by molar-refractivity contribution is 0.0746. The van der Waals surface area contributed by atoms with Crippen LogP contribution in [0.2, 0.25) is 0 Å². The maximum atomic E-state index is 13.0. The Morgan fingerprint density at radius 2 is 1.69 bits per heavy atom. The standard InChI is InChI=1S/C23H24N8O/c1-17-15-18(2)31(27-17)22-8-7-21(25-26-22)28-11-13-29(14-12-28)23(32)19-5-3-6-20(16-19)30-10-4-9-24-30/h3-10,15-16H,11-14H2,1-2H3. The zero-order valence-corrected chi connectivity index (χ0v) is 18.1. The number of benzene rings is 1. The third kappa shape index (κ3) is 3.84. The summed E-state index contributed by atoms with van der Waals surface area (Å²) in [7, 11) is 0. The normalized spacial score (nSPS) is 14.1. The number of nitrogens with zero attached hydrogens (tertiary/aromatic N) is 8. The highest BCUT2D eigenvalue weighted by molar-refractivity contribution is 5.95. The third-order valence-electron chi connectivity index (χ3n) is 5.62. The average Bonchev–Trinajstić information content (AvgIpc) is 3.48.